The van der Waals surface area contributed by atoms with Gasteiger partial charge in [-0.15, -0.1) is 0 Å². The summed E-state index contributed by atoms with van der Waals surface area (Å²) >= 11 is 0. The van der Waals surface area contributed by atoms with Crippen LogP contribution in [0, 0.1) is 6.92 Å². The molecule has 0 aromatic carbocycles. The topological polar surface area (TPSA) is 65.2 Å². The van der Waals surface area contributed by atoms with E-state index < -0.39 is 0 Å². The van der Waals surface area contributed by atoms with E-state index in [0.717, 1.165) is 31.6 Å². The van der Waals surface area contributed by atoms with Crippen molar-refractivity contribution in [1.82, 2.24) is 15.2 Å². The van der Waals surface area contributed by atoms with Gasteiger partial charge in [0.05, 0.1) is 0 Å². The molecule has 2 N–H and O–H groups in total. The van der Waals surface area contributed by atoms with Crippen molar-refractivity contribution in [3.05, 3.63) is 33.7 Å². The van der Waals surface area contributed by atoms with Crippen molar-refractivity contribution in [2.45, 2.75) is 44.7 Å². The molecule has 0 spiro atoms. The van der Waals surface area contributed by atoms with Gasteiger partial charge >= 0.3 is 0 Å². The van der Waals surface area contributed by atoms with E-state index in [1.165, 1.54) is 12.8 Å². The third kappa shape index (κ3) is 2.50. The molecule has 108 valence electrons. The number of nitrogens with zero attached hydrogens (tertiary/aromatic N) is 1. The molecule has 0 bridgehead atoms. The minimum Gasteiger partial charge on any atom is -0.348 e. The first-order valence-electron chi connectivity index (χ1n) is 7.40. The minimum absolute atomic E-state index is 0.184. The number of aromatic amines is 1. The number of hydrogen-bond acceptors (Lipinski definition) is 3. The van der Waals surface area contributed by atoms with Crippen LogP contribution < -0.4 is 10.9 Å². The van der Waals surface area contributed by atoms with Crippen molar-refractivity contribution in [2.75, 3.05) is 13.1 Å². The molecular formula is C15H21N3O2. The lowest BCUT2D eigenvalue weighted by Crippen LogP contribution is -2.47. The van der Waals surface area contributed by atoms with Crippen molar-refractivity contribution in [3.8, 4) is 0 Å². The van der Waals surface area contributed by atoms with Gasteiger partial charge in [-0.05, 0) is 44.9 Å². The van der Waals surface area contributed by atoms with E-state index in [1.807, 2.05) is 0 Å². The van der Waals surface area contributed by atoms with Crippen LogP contribution in [0.3, 0.4) is 0 Å². The van der Waals surface area contributed by atoms with Crippen LogP contribution in [0.2, 0.25) is 0 Å². The highest BCUT2D eigenvalue weighted by Gasteiger charge is 2.36. The molecule has 2 aliphatic heterocycles. The van der Waals surface area contributed by atoms with E-state index >= 15 is 0 Å². The molecule has 2 saturated heterocycles. The summed E-state index contributed by atoms with van der Waals surface area (Å²) < 4.78 is 0. The number of piperidine rings is 1. The summed E-state index contributed by atoms with van der Waals surface area (Å²) in [5.74, 6) is -0.247. The average molecular weight is 275 g/mol. The fourth-order valence-corrected chi connectivity index (χ4v) is 3.41. The number of fused-ring (bicyclic) bond motifs is 1. The van der Waals surface area contributed by atoms with Gasteiger partial charge < -0.3 is 10.3 Å². The van der Waals surface area contributed by atoms with Gasteiger partial charge in [-0.3, -0.25) is 14.5 Å². The highest BCUT2D eigenvalue weighted by molar-refractivity contribution is 5.94. The molecule has 2 unspecified atom stereocenters. The molecule has 3 rings (SSSR count). The standard InChI is InChI=1S/C15H21N3O2/c1-10-5-6-11(14(19)16-10)15(20)17-12-7-9-18-8-3-2-4-13(12)18/h5-6,12-13H,2-4,7-9H2,1H3,(H,16,19)(H,17,20). The van der Waals surface area contributed by atoms with E-state index in [9.17, 15) is 9.59 Å². The number of aromatic nitrogens is 1. The van der Waals surface area contributed by atoms with Gasteiger partial charge in [-0.1, -0.05) is 6.42 Å². The quantitative estimate of drug-likeness (QED) is 0.847. The molecule has 2 aliphatic rings. The molecule has 5 nitrogen and oxygen atoms in total. The maximum absolute atomic E-state index is 12.3. The van der Waals surface area contributed by atoms with Crippen molar-refractivity contribution in [3.63, 3.8) is 0 Å². The Labute approximate surface area is 118 Å². The second kappa shape index (κ2) is 5.40. The van der Waals surface area contributed by atoms with Crippen molar-refractivity contribution in [1.29, 1.82) is 0 Å². The maximum Gasteiger partial charge on any atom is 0.260 e. The minimum atomic E-state index is -0.305. The Hall–Kier alpha value is -1.62. The zero-order valence-corrected chi connectivity index (χ0v) is 11.8. The van der Waals surface area contributed by atoms with Gasteiger partial charge in [0, 0.05) is 24.3 Å². The lowest BCUT2D eigenvalue weighted by atomic mass is 9.99. The molecule has 2 atom stereocenters. The van der Waals surface area contributed by atoms with Gasteiger partial charge in [-0.25, -0.2) is 0 Å². The summed E-state index contributed by atoms with van der Waals surface area (Å²) in [5, 5.41) is 3.05. The van der Waals surface area contributed by atoms with E-state index in [0.29, 0.717) is 6.04 Å². The summed E-state index contributed by atoms with van der Waals surface area (Å²) in [6.07, 6.45) is 4.63. The lowest BCUT2D eigenvalue weighted by Gasteiger charge is -2.32. The summed E-state index contributed by atoms with van der Waals surface area (Å²) in [7, 11) is 0. The van der Waals surface area contributed by atoms with E-state index in [4.69, 9.17) is 0 Å². The summed E-state index contributed by atoms with van der Waals surface area (Å²) in [4.78, 5) is 29.2. The Morgan fingerprint density at radius 2 is 2.15 bits per heavy atom. The number of nitrogens with one attached hydrogen (secondary N) is 2. The van der Waals surface area contributed by atoms with Crippen LogP contribution in [0.1, 0.15) is 41.7 Å². The normalized spacial score (nSPS) is 26.2. The van der Waals surface area contributed by atoms with Crippen molar-refractivity contribution < 1.29 is 4.79 Å². The van der Waals surface area contributed by atoms with E-state index in [1.54, 1.807) is 19.1 Å². The molecule has 0 aliphatic carbocycles. The zero-order chi connectivity index (χ0) is 14.1. The smallest absolute Gasteiger partial charge is 0.260 e. The van der Waals surface area contributed by atoms with Gasteiger partial charge in [0.25, 0.3) is 11.5 Å². The van der Waals surface area contributed by atoms with Gasteiger partial charge in [0.15, 0.2) is 0 Å². The average Bonchev–Trinajstić information content (AvgIpc) is 2.82. The number of pyridine rings is 1. The van der Waals surface area contributed by atoms with Gasteiger partial charge in [0.1, 0.15) is 5.56 Å². The Kier molecular flexibility index (Phi) is 3.61. The number of hydrogen-bond donors (Lipinski definition) is 2. The first-order valence-corrected chi connectivity index (χ1v) is 7.40. The number of carbonyl (C=O) groups excluding carboxylic acids is 1. The largest absolute Gasteiger partial charge is 0.348 e. The first-order chi connectivity index (χ1) is 9.65. The first kappa shape index (κ1) is 13.4. The Morgan fingerprint density at radius 1 is 1.30 bits per heavy atom. The van der Waals surface area contributed by atoms with Crippen LogP contribution in [0.5, 0.6) is 0 Å². The Balaban J connectivity index is 1.71. The van der Waals surface area contributed by atoms with Crippen molar-refractivity contribution >= 4 is 5.91 Å². The Bertz CT molecular complexity index is 566. The molecular weight excluding hydrogens is 254 g/mol. The molecule has 1 aromatic rings. The summed E-state index contributed by atoms with van der Waals surface area (Å²) in [6.45, 7) is 4.00. The third-order valence-electron chi connectivity index (χ3n) is 4.47. The number of carbonyl (C=O) groups is 1. The van der Waals surface area contributed by atoms with Crippen LogP contribution >= 0.6 is 0 Å². The monoisotopic (exact) mass is 275 g/mol. The highest BCUT2D eigenvalue weighted by atomic mass is 16.2. The zero-order valence-electron chi connectivity index (χ0n) is 11.8. The molecule has 2 fully saturated rings. The number of rotatable bonds is 2. The van der Waals surface area contributed by atoms with Crippen LogP contribution in [-0.2, 0) is 0 Å². The Morgan fingerprint density at radius 3 is 2.95 bits per heavy atom. The van der Waals surface area contributed by atoms with Gasteiger partial charge in [0.2, 0.25) is 0 Å². The molecule has 1 amide bonds. The van der Waals surface area contributed by atoms with Crippen LogP contribution in [0.15, 0.2) is 16.9 Å². The third-order valence-corrected chi connectivity index (χ3v) is 4.47. The molecule has 3 heterocycles. The van der Waals surface area contributed by atoms with Crippen LogP contribution in [0.4, 0.5) is 0 Å². The molecule has 0 radical (unpaired) electrons. The second-order valence-corrected chi connectivity index (χ2v) is 5.85. The lowest BCUT2D eigenvalue weighted by molar-refractivity contribution is 0.0914. The number of aryl methyl sites for hydroxylation is 1. The predicted molar refractivity (Wildman–Crippen MR) is 76.9 cm³/mol. The van der Waals surface area contributed by atoms with Crippen LogP contribution in [-0.4, -0.2) is 41.0 Å². The molecule has 0 saturated carbocycles. The van der Waals surface area contributed by atoms with E-state index in [-0.39, 0.29) is 23.1 Å². The highest BCUT2D eigenvalue weighted by Crippen LogP contribution is 2.27. The predicted octanol–water partition coefficient (Wildman–Crippen LogP) is 1.04. The summed E-state index contributed by atoms with van der Waals surface area (Å²) in [6, 6.07) is 4.01. The number of H-pyrrole nitrogens is 1. The van der Waals surface area contributed by atoms with E-state index in [2.05, 4.69) is 15.2 Å². The van der Waals surface area contributed by atoms with Gasteiger partial charge in [-0.2, -0.15) is 0 Å². The maximum atomic E-state index is 12.3. The molecule has 20 heavy (non-hydrogen) atoms. The van der Waals surface area contributed by atoms with Crippen LogP contribution in [0.25, 0.3) is 0 Å². The number of amides is 1. The molecule has 5 heteroatoms. The molecule has 1 aromatic heterocycles. The second-order valence-electron chi connectivity index (χ2n) is 5.85. The fourth-order valence-electron chi connectivity index (χ4n) is 3.41. The summed E-state index contributed by atoms with van der Waals surface area (Å²) in [5.41, 5.74) is 0.678. The SMILES string of the molecule is Cc1ccc(C(=O)NC2CCN3CCCCC23)c(=O)[nH]1. The fraction of sp³-hybridized carbons (Fsp3) is 0.600. The van der Waals surface area contributed by atoms with Crippen molar-refractivity contribution in [2.24, 2.45) is 0 Å².